The topological polar surface area (TPSA) is 88.9 Å². The van der Waals surface area contributed by atoms with Crippen LogP contribution in [-0.2, 0) is 23.8 Å². The first kappa shape index (κ1) is 14.8. The minimum absolute atomic E-state index is 0.108. The number of amides is 1. The van der Waals surface area contributed by atoms with Crippen LogP contribution in [0.25, 0.3) is 0 Å². The molecule has 110 valence electrons. The van der Waals surface area contributed by atoms with Gasteiger partial charge in [0.05, 0.1) is 26.4 Å². The summed E-state index contributed by atoms with van der Waals surface area (Å²) in [6.07, 6.45) is 0.709. The van der Waals surface area contributed by atoms with Gasteiger partial charge >= 0.3 is 5.97 Å². The quantitative estimate of drug-likeness (QED) is 0.646. The lowest BCUT2D eigenvalue weighted by molar-refractivity contribution is -0.166. The van der Waals surface area contributed by atoms with E-state index in [-0.39, 0.29) is 12.5 Å². The van der Waals surface area contributed by atoms with Crippen LogP contribution in [0.2, 0.25) is 0 Å². The highest BCUT2D eigenvalue weighted by molar-refractivity contribution is 5.90. The van der Waals surface area contributed by atoms with Crippen molar-refractivity contribution in [2.24, 2.45) is 5.41 Å². The molecule has 20 heavy (non-hydrogen) atoms. The minimum atomic E-state index is -1.10. The van der Waals surface area contributed by atoms with Crippen molar-refractivity contribution >= 4 is 11.9 Å². The number of rotatable bonds is 2. The van der Waals surface area contributed by atoms with Gasteiger partial charge in [0.1, 0.15) is 5.41 Å². The zero-order chi connectivity index (χ0) is 14.6. The van der Waals surface area contributed by atoms with E-state index in [0.29, 0.717) is 39.2 Å². The molecule has 0 aromatic heterocycles. The summed E-state index contributed by atoms with van der Waals surface area (Å²) in [5, 5.41) is 9.42. The van der Waals surface area contributed by atoms with Gasteiger partial charge in [0, 0.05) is 19.8 Å². The van der Waals surface area contributed by atoms with Gasteiger partial charge in [-0.1, -0.05) is 0 Å². The SMILES string of the molecule is COC(=O)C1COCCN1C(=O)C1(C#N)CCOCC1. The molecule has 0 saturated carbocycles. The van der Waals surface area contributed by atoms with Gasteiger partial charge in [-0.25, -0.2) is 4.79 Å². The number of morpholine rings is 1. The summed E-state index contributed by atoms with van der Waals surface area (Å²) < 4.78 is 15.2. The fourth-order valence-corrected chi connectivity index (χ4v) is 2.55. The molecule has 2 saturated heterocycles. The molecule has 7 nitrogen and oxygen atoms in total. The average molecular weight is 282 g/mol. The highest BCUT2D eigenvalue weighted by Crippen LogP contribution is 2.33. The van der Waals surface area contributed by atoms with Gasteiger partial charge < -0.3 is 19.1 Å². The molecule has 2 rings (SSSR count). The van der Waals surface area contributed by atoms with Crippen molar-refractivity contribution in [2.45, 2.75) is 18.9 Å². The third-order valence-corrected chi connectivity index (χ3v) is 3.83. The van der Waals surface area contributed by atoms with Crippen molar-refractivity contribution in [2.75, 3.05) is 40.1 Å². The number of hydrogen-bond donors (Lipinski definition) is 0. The van der Waals surface area contributed by atoms with Crippen LogP contribution in [0.3, 0.4) is 0 Å². The van der Waals surface area contributed by atoms with Crippen LogP contribution in [-0.4, -0.2) is 62.9 Å². The molecule has 1 unspecified atom stereocenters. The molecule has 1 amide bonds. The van der Waals surface area contributed by atoms with Crippen LogP contribution >= 0.6 is 0 Å². The molecule has 7 heteroatoms. The lowest BCUT2D eigenvalue weighted by atomic mass is 9.80. The Morgan fingerprint density at radius 2 is 2.00 bits per heavy atom. The molecule has 0 aromatic rings. The molecule has 0 aromatic carbocycles. The monoisotopic (exact) mass is 282 g/mol. The summed E-state index contributed by atoms with van der Waals surface area (Å²) in [6, 6.07) is 1.36. The van der Waals surface area contributed by atoms with Gasteiger partial charge in [-0.2, -0.15) is 5.26 Å². The Kier molecular flexibility index (Phi) is 4.57. The Balaban J connectivity index is 2.20. The van der Waals surface area contributed by atoms with E-state index in [0.717, 1.165) is 0 Å². The fourth-order valence-electron chi connectivity index (χ4n) is 2.55. The molecule has 0 spiro atoms. The number of nitriles is 1. The summed E-state index contributed by atoms with van der Waals surface area (Å²) in [7, 11) is 1.27. The third kappa shape index (κ3) is 2.62. The summed E-state index contributed by atoms with van der Waals surface area (Å²) in [4.78, 5) is 25.9. The Labute approximate surface area is 117 Å². The smallest absolute Gasteiger partial charge is 0.331 e. The first-order valence-electron chi connectivity index (χ1n) is 6.60. The number of nitrogens with zero attached hydrogens (tertiary/aromatic N) is 2. The van der Waals surface area contributed by atoms with Gasteiger partial charge in [0.15, 0.2) is 6.04 Å². The van der Waals surface area contributed by atoms with E-state index in [4.69, 9.17) is 14.2 Å². The van der Waals surface area contributed by atoms with Crippen LogP contribution in [0, 0.1) is 16.7 Å². The van der Waals surface area contributed by atoms with Crippen LogP contribution in [0.4, 0.5) is 0 Å². The maximum absolute atomic E-state index is 12.7. The van der Waals surface area contributed by atoms with Crippen LogP contribution < -0.4 is 0 Å². The third-order valence-electron chi connectivity index (χ3n) is 3.83. The fraction of sp³-hybridized carbons (Fsp3) is 0.769. The van der Waals surface area contributed by atoms with E-state index in [1.54, 1.807) is 0 Å². The minimum Gasteiger partial charge on any atom is -0.467 e. The van der Waals surface area contributed by atoms with Crippen molar-refractivity contribution in [1.29, 1.82) is 5.26 Å². The second kappa shape index (κ2) is 6.20. The van der Waals surface area contributed by atoms with Crippen molar-refractivity contribution in [3.8, 4) is 6.07 Å². The van der Waals surface area contributed by atoms with Gasteiger partial charge in [-0.15, -0.1) is 0 Å². The first-order valence-corrected chi connectivity index (χ1v) is 6.60. The summed E-state index contributed by atoms with van der Waals surface area (Å²) in [6.45, 7) is 1.52. The molecular formula is C13H18N2O5. The van der Waals surface area contributed by atoms with Crippen molar-refractivity contribution in [1.82, 2.24) is 4.90 Å². The second-order valence-corrected chi connectivity index (χ2v) is 4.92. The number of methoxy groups -OCH3 is 1. The predicted octanol–water partition coefficient (Wildman–Crippen LogP) is -0.293. The Hall–Kier alpha value is -1.65. The number of carbonyl (C=O) groups is 2. The lowest BCUT2D eigenvalue weighted by Gasteiger charge is -2.39. The standard InChI is InChI=1S/C13H18N2O5/c1-18-11(16)10-8-20-7-4-15(10)12(17)13(9-14)2-5-19-6-3-13/h10H,2-8H2,1H3. The molecule has 0 aliphatic carbocycles. The number of hydrogen-bond acceptors (Lipinski definition) is 6. The van der Waals surface area contributed by atoms with Crippen molar-refractivity contribution in [3.63, 3.8) is 0 Å². The maximum Gasteiger partial charge on any atom is 0.331 e. The van der Waals surface area contributed by atoms with Crippen LogP contribution in [0.15, 0.2) is 0 Å². The zero-order valence-corrected chi connectivity index (χ0v) is 11.5. The molecule has 2 heterocycles. The van der Waals surface area contributed by atoms with Crippen molar-refractivity contribution in [3.05, 3.63) is 0 Å². The first-order chi connectivity index (χ1) is 9.64. The van der Waals surface area contributed by atoms with Gasteiger partial charge in [0.2, 0.25) is 5.91 Å². The maximum atomic E-state index is 12.7. The largest absolute Gasteiger partial charge is 0.467 e. The molecule has 2 fully saturated rings. The Morgan fingerprint density at radius 1 is 1.30 bits per heavy atom. The molecule has 2 aliphatic rings. The van der Waals surface area contributed by atoms with E-state index in [9.17, 15) is 14.9 Å². The molecule has 0 radical (unpaired) electrons. The lowest BCUT2D eigenvalue weighted by Crippen LogP contribution is -2.57. The van der Waals surface area contributed by atoms with Crippen molar-refractivity contribution < 1.29 is 23.8 Å². The average Bonchev–Trinajstić information content (AvgIpc) is 2.54. The highest BCUT2D eigenvalue weighted by Gasteiger charge is 2.47. The van der Waals surface area contributed by atoms with Crippen LogP contribution in [0.1, 0.15) is 12.8 Å². The van der Waals surface area contributed by atoms with E-state index >= 15 is 0 Å². The summed E-state index contributed by atoms with van der Waals surface area (Å²) in [5.74, 6) is -0.833. The number of carbonyl (C=O) groups excluding carboxylic acids is 2. The summed E-state index contributed by atoms with van der Waals surface area (Å²) in [5.41, 5.74) is -1.10. The Morgan fingerprint density at radius 3 is 2.60 bits per heavy atom. The molecule has 0 bridgehead atoms. The van der Waals surface area contributed by atoms with Gasteiger partial charge in [0.25, 0.3) is 0 Å². The van der Waals surface area contributed by atoms with Gasteiger partial charge in [-0.3, -0.25) is 4.79 Å². The van der Waals surface area contributed by atoms with E-state index in [1.807, 2.05) is 0 Å². The zero-order valence-electron chi connectivity index (χ0n) is 11.5. The molecule has 2 aliphatic heterocycles. The Bertz CT molecular complexity index is 425. The van der Waals surface area contributed by atoms with Crippen LogP contribution in [0.5, 0.6) is 0 Å². The normalized spacial score (nSPS) is 25.6. The molecular weight excluding hydrogens is 264 g/mol. The van der Waals surface area contributed by atoms with E-state index in [2.05, 4.69) is 6.07 Å². The van der Waals surface area contributed by atoms with Gasteiger partial charge in [-0.05, 0) is 12.8 Å². The number of ether oxygens (including phenoxy) is 3. The predicted molar refractivity (Wildman–Crippen MR) is 66.4 cm³/mol. The number of esters is 1. The molecule has 1 atom stereocenters. The van der Waals surface area contributed by atoms with E-state index in [1.165, 1.54) is 12.0 Å². The highest BCUT2D eigenvalue weighted by atomic mass is 16.5. The van der Waals surface area contributed by atoms with E-state index < -0.39 is 17.4 Å². The summed E-state index contributed by atoms with van der Waals surface area (Å²) >= 11 is 0. The molecule has 0 N–H and O–H groups in total. The second-order valence-electron chi connectivity index (χ2n) is 4.92.